The van der Waals surface area contributed by atoms with Crippen molar-refractivity contribution in [3.63, 3.8) is 0 Å². The Hall–Kier alpha value is -5.00. The number of carbonyl (C=O) groups excluding carboxylic acids is 2. The molecule has 0 unspecified atom stereocenters. The van der Waals surface area contributed by atoms with Crippen LogP contribution in [0.2, 0.25) is 0 Å². The van der Waals surface area contributed by atoms with Crippen LogP contribution in [0.4, 0.5) is 0 Å². The number of nitrogens with zero attached hydrogens (tertiary/aromatic N) is 2. The molecule has 0 fully saturated rings. The molecule has 0 saturated heterocycles. The number of primary amides is 1. The third kappa shape index (κ3) is 10.00. The van der Waals surface area contributed by atoms with Crippen molar-refractivity contribution in [3.8, 4) is 34.6 Å². The molecule has 0 aliphatic carbocycles. The standard InChI is InChI=1S/C37H45N5O6/c1-24(43)16-18-39-20-27-12-14-34(41-36(27)45-4)47-22-29-8-6-10-31(25(29)2)32-11-7-9-30(26(32)3)23-48-35-15-13-28(37(42-35)46-5)21-40-19-17-33(38)44/h6-15,39-40H,16-23H2,1-5H3,(H2,38,44). The van der Waals surface area contributed by atoms with Gasteiger partial charge in [-0.25, -0.2) is 0 Å². The lowest BCUT2D eigenvalue weighted by atomic mass is 9.92. The fraction of sp³-hybridized carbons (Fsp3) is 0.351. The van der Waals surface area contributed by atoms with Crippen molar-refractivity contribution in [1.82, 2.24) is 20.6 Å². The highest BCUT2D eigenvalue weighted by atomic mass is 16.5. The number of methoxy groups -OCH3 is 2. The lowest BCUT2D eigenvalue weighted by molar-refractivity contribution is -0.118. The predicted octanol–water partition coefficient (Wildman–Crippen LogP) is 4.97. The normalized spacial score (nSPS) is 10.9. The molecule has 0 spiro atoms. The molecule has 2 heterocycles. The van der Waals surface area contributed by atoms with Crippen molar-refractivity contribution < 1.29 is 28.5 Å². The first-order valence-corrected chi connectivity index (χ1v) is 15.9. The van der Waals surface area contributed by atoms with Gasteiger partial charge in [-0.1, -0.05) is 36.4 Å². The van der Waals surface area contributed by atoms with E-state index >= 15 is 0 Å². The molecule has 0 bridgehead atoms. The summed E-state index contributed by atoms with van der Waals surface area (Å²) in [6.07, 6.45) is 0.745. The van der Waals surface area contributed by atoms with E-state index in [0.29, 0.717) is 69.3 Å². The quantitative estimate of drug-likeness (QED) is 0.118. The summed E-state index contributed by atoms with van der Waals surface area (Å²) in [5.41, 5.74) is 13.5. The number of amides is 1. The molecule has 1 amide bonds. The lowest BCUT2D eigenvalue weighted by Gasteiger charge is -2.17. The van der Waals surface area contributed by atoms with Crippen molar-refractivity contribution in [3.05, 3.63) is 94.0 Å². The summed E-state index contributed by atoms with van der Waals surface area (Å²) in [6.45, 7) is 8.57. The lowest BCUT2D eigenvalue weighted by Crippen LogP contribution is -2.22. The molecule has 11 nitrogen and oxygen atoms in total. The monoisotopic (exact) mass is 655 g/mol. The van der Waals surface area contributed by atoms with Crippen LogP contribution in [-0.2, 0) is 35.9 Å². The molecule has 0 saturated carbocycles. The van der Waals surface area contributed by atoms with Crippen LogP contribution in [0.1, 0.15) is 53.1 Å². The molecule has 0 aliphatic rings. The minimum atomic E-state index is -0.350. The molecule has 4 aromatic rings. The van der Waals surface area contributed by atoms with Crippen LogP contribution in [0.5, 0.6) is 23.5 Å². The number of rotatable bonds is 19. The Bertz CT molecular complexity index is 1590. The summed E-state index contributed by atoms with van der Waals surface area (Å²) in [4.78, 5) is 31.2. The Morgan fingerprint density at radius 2 is 1.12 bits per heavy atom. The van der Waals surface area contributed by atoms with Crippen LogP contribution >= 0.6 is 0 Å². The van der Waals surface area contributed by atoms with E-state index in [2.05, 4.69) is 58.7 Å². The zero-order chi connectivity index (χ0) is 34.5. The molecule has 254 valence electrons. The van der Waals surface area contributed by atoms with E-state index in [0.717, 1.165) is 44.5 Å². The van der Waals surface area contributed by atoms with E-state index in [-0.39, 0.29) is 18.1 Å². The van der Waals surface area contributed by atoms with Gasteiger partial charge in [0.05, 0.1) is 14.2 Å². The molecular formula is C37H45N5O6. The Labute approximate surface area is 282 Å². The van der Waals surface area contributed by atoms with Gasteiger partial charge in [0.15, 0.2) is 0 Å². The van der Waals surface area contributed by atoms with Crippen molar-refractivity contribution in [1.29, 1.82) is 0 Å². The van der Waals surface area contributed by atoms with E-state index in [1.54, 1.807) is 21.1 Å². The fourth-order valence-corrected chi connectivity index (χ4v) is 5.18. The Balaban J connectivity index is 1.41. The van der Waals surface area contributed by atoms with Crippen LogP contribution < -0.4 is 35.3 Å². The number of nitrogens with one attached hydrogen (secondary N) is 2. The van der Waals surface area contributed by atoms with E-state index < -0.39 is 0 Å². The van der Waals surface area contributed by atoms with Gasteiger partial charge in [0, 0.05) is 62.3 Å². The number of ketones is 1. The Morgan fingerprint density at radius 3 is 1.54 bits per heavy atom. The average Bonchev–Trinajstić information content (AvgIpc) is 3.08. The zero-order valence-electron chi connectivity index (χ0n) is 28.4. The highest BCUT2D eigenvalue weighted by Gasteiger charge is 2.14. The van der Waals surface area contributed by atoms with Crippen molar-refractivity contribution >= 4 is 11.7 Å². The number of aromatic nitrogens is 2. The molecule has 4 rings (SSSR count). The smallest absolute Gasteiger partial charge is 0.220 e. The second-order valence-corrected chi connectivity index (χ2v) is 11.4. The number of Topliss-reactive ketones (excluding diaryl/α,β-unsaturated/α-hetero) is 1. The second-order valence-electron chi connectivity index (χ2n) is 11.4. The molecule has 2 aromatic carbocycles. The molecule has 0 aliphatic heterocycles. The maximum atomic E-state index is 11.2. The Morgan fingerprint density at radius 1 is 0.667 bits per heavy atom. The fourth-order valence-electron chi connectivity index (χ4n) is 5.18. The number of benzene rings is 2. The third-order valence-electron chi connectivity index (χ3n) is 7.98. The van der Waals surface area contributed by atoms with Gasteiger partial charge in [-0.2, -0.15) is 9.97 Å². The van der Waals surface area contributed by atoms with Crippen LogP contribution in [0, 0.1) is 13.8 Å². The highest BCUT2D eigenvalue weighted by Crippen LogP contribution is 2.31. The van der Waals surface area contributed by atoms with Gasteiger partial charge < -0.3 is 35.3 Å². The predicted molar refractivity (Wildman–Crippen MR) is 184 cm³/mol. The highest BCUT2D eigenvalue weighted by molar-refractivity contribution is 5.75. The number of nitrogens with two attached hydrogens (primary N) is 1. The molecule has 48 heavy (non-hydrogen) atoms. The van der Waals surface area contributed by atoms with Crippen molar-refractivity contribution in [2.75, 3.05) is 27.3 Å². The minimum Gasteiger partial charge on any atom is -0.481 e. The number of pyridine rings is 2. The van der Waals surface area contributed by atoms with Crippen LogP contribution in [0.3, 0.4) is 0 Å². The first-order valence-electron chi connectivity index (χ1n) is 15.9. The summed E-state index contributed by atoms with van der Waals surface area (Å²) in [5, 5.41) is 6.41. The summed E-state index contributed by atoms with van der Waals surface area (Å²) >= 11 is 0. The average molecular weight is 656 g/mol. The minimum absolute atomic E-state index is 0.148. The number of carbonyl (C=O) groups is 2. The number of hydrogen-bond acceptors (Lipinski definition) is 10. The van der Waals surface area contributed by atoms with Crippen LogP contribution in [-0.4, -0.2) is 49.0 Å². The number of ether oxygens (including phenoxy) is 4. The zero-order valence-corrected chi connectivity index (χ0v) is 28.4. The van der Waals surface area contributed by atoms with Gasteiger partial charge in [0.2, 0.25) is 29.4 Å². The summed E-state index contributed by atoms with van der Waals surface area (Å²) in [7, 11) is 3.15. The molecular weight excluding hydrogens is 610 g/mol. The molecule has 2 aromatic heterocycles. The number of hydrogen-bond donors (Lipinski definition) is 3. The maximum absolute atomic E-state index is 11.2. The SMILES string of the molecule is COc1nc(OCc2cccc(-c3cccc(COc4ccc(CNCCC(N)=O)c(OC)n4)c3C)c2C)ccc1CNCCC(C)=O. The Kier molecular flexibility index (Phi) is 13.3. The van der Waals surface area contributed by atoms with Gasteiger partial charge in [0.25, 0.3) is 0 Å². The van der Waals surface area contributed by atoms with Gasteiger partial charge in [-0.3, -0.25) is 9.59 Å². The molecule has 0 atom stereocenters. The third-order valence-corrected chi connectivity index (χ3v) is 7.98. The molecule has 11 heteroatoms. The topological polar surface area (TPSA) is 147 Å². The summed E-state index contributed by atoms with van der Waals surface area (Å²) < 4.78 is 23.2. The van der Waals surface area contributed by atoms with Gasteiger partial charge in [0.1, 0.15) is 19.0 Å². The van der Waals surface area contributed by atoms with E-state index in [9.17, 15) is 9.59 Å². The summed E-state index contributed by atoms with van der Waals surface area (Å²) in [6, 6.07) is 19.9. The maximum Gasteiger partial charge on any atom is 0.220 e. The van der Waals surface area contributed by atoms with Crippen molar-refractivity contribution in [2.24, 2.45) is 5.73 Å². The largest absolute Gasteiger partial charge is 0.481 e. The molecule has 0 radical (unpaired) electrons. The van der Waals surface area contributed by atoms with Crippen molar-refractivity contribution in [2.45, 2.75) is 59.9 Å². The van der Waals surface area contributed by atoms with Gasteiger partial charge in [-0.15, -0.1) is 0 Å². The first-order chi connectivity index (χ1) is 23.2. The molecule has 4 N–H and O–H groups in total. The van der Waals surface area contributed by atoms with Crippen LogP contribution in [0.25, 0.3) is 11.1 Å². The van der Waals surface area contributed by atoms with E-state index in [4.69, 9.17) is 24.7 Å². The van der Waals surface area contributed by atoms with E-state index in [1.165, 1.54) is 0 Å². The van der Waals surface area contributed by atoms with Gasteiger partial charge >= 0.3 is 0 Å². The summed E-state index contributed by atoms with van der Waals surface area (Å²) in [5.74, 6) is 1.67. The van der Waals surface area contributed by atoms with Crippen LogP contribution in [0.15, 0.2) is 60.7 Å². The van der Waals surface area contributed by atoms with E-state index in [1.807, 2.05) is 36.4 Å². The second kappa shape index (κ2) is 17.8. The first kappa shape index (κ1) is 35.8. The van der Waals surface area contributed by atoms with Gasteiger partial charge in [-0.05, 0) is 66.3 Å².